The molecule has 0 saturated heterocycles. The third-order valence-corrected chi connectivity index (χ3v) is 3.72. The van der Waals surface area contributed by atoms with E-state index in [4.69, 9.17) is 9.47 Å². The van der Waals surface area contributed by atoms with Gasteiger partial charge in [-0.2, -0.15) is 0 Å². The Morgan fingerprint density at radius 1 is 1.21 bits per heavy atom. The number of nitrogens with one attached hydrogen (secondary N) is 1. The number of carbonyl (C=O) groups excluding carboxylic acids is 1. The predicted octanol–water partition coefficient (Wildman–Crippen LogP) is 3.54. The summed E-state index contributed by atoms with van der Waals surface area (Å²) in [6, 6.07) is 13.3. The molecule has 0 radical (unpaired) electrons. The third-order valence-electron chi connectivity index (χ3n) is 3.72. The Morgan fingerprint density at radius 3 is 2.71 bits per heavy atom. The molecule has 0 aromatic heterocycles. The van der Waals surface area contributed by atoms with Crippen molar-refractivity contribution in [2.75, 3.05) is 20.3 Å². The average Bonchev–Trinajstić information content (AvgIpc) is 2.61. The number of methoxy groups -OCH3 is 1. The zero-order chi connectivity index (χ0) is 17.4. The van der Waals surface area contributed by atoms with Crippen LogP contribution < -0.4 is 14.8 Å². The van der Waals surface area contributed by atoms with Gasteiger partial charge >= 0.3 is 0 Å². The zero-order valence-electron chi connectivity index (χ0n) is 14.2. The summed E-state index contributed by atoms with van der Waals surface area (Å²) in [7, 11) is 1.55. The largest absolute Gasteiger partial charge is 0.493 e. The van der Waals surface area contributed by atoms with E-state index in [9.17, 15) is 4.79 Å². The molecule has 0 bridgehead atoms. The molecule has 2 aromatic rings. The topological polar surface area (TPSA) is 47.6 Å². The quantitative estimate of drug-likeness (QED) is 0.755. The van der Waals surface area contributed by atoms with E-state index in [1.807, 2.05) is 12.1 Å². The van der Waals surface area contributed by atoms with Crippen LogP contribution in [0.1, 0.15) is 21.5 Å². The molecule has 0 atom stereocenters. The summed E-state index contributed by atoms with van der Waals surface area (Å²) in [5, 5.41) is 2.94. The summed E-state index contributed by atoms with van der Waals surface area (Å²) in [6.45, 7) is 6.66. The van der Waals surface area contributed by atoms with Crippen molar-refractivity contribution in [3.63, 3.8) is 0 Å². The Kier molecular flexibility index (Phi) is 6.43. The molecule has 0 heterocycles. The lowest BCUT2D eigenvalue weighted by molar-refractivity contribution is 0.0953. The molecule has 2 rings (SSSR count). The lowest BCUT2D eigenvalue weighted by Gasteiger charge is -2.11. The van der Waals surface area contributed by atoms with Gasteiger partial charge in [0.15, 0.2) is 11.5 Å². The first-order valence-corrected chi connectivity index (χ1v) is 7.90. The van der Waals surface area contributed by atoms with Crippen LogP contribution in [-0.2, 0) is 6.42 Å². The molecule has 0 saturated carbocycles. The number of amides is 1. The molecule has 126 valence electrons. The summed E-state index contributed by atoms with van der Waals surface area (Å²) < 4.78 is 10.8. The van der Waals surface area contributed by atoms with Gasteiger partial charge in [0.1, 0.15) is 6.61 Å². The molecule has 4 heteroatoms. The highest BCUT2D eigenvalue weighted by atomic mass is 16.5. The van der Waals surface area contributed by atoms with Gasteiger partial charge in [0, 0.05) is 12.1 Å². The highest BCUT2D eigenvalue weighted by Crippen LogP contribution is 2.28. The van der Waals surface area contributed by atoms with Crippen molar-refractivity contribution < 1.29 is 14.3 Å². The normalized spacial score (nSPS) is 10.1. The van der Waals surface area contributed by atoms with Gasteiger partial charge in [0.2, 0.25) is 0 Å². The Hall–Kier alpha value is -2.75. The molecule has 2 aromatic carbocycles. The summed E-state index contributed by atoms with van der Waals surface area (Å²) in [5.41, 5.74) is 3.02. The number of rotatable bonds is 8. The van der Waals surface area contributed by atoms with E-state index in [2.05, 4.69) is 31.0 Å². The minimum atomic E-state index is -0.128. The highest BCUT2D eigenvalue weighted by Gasteiger charge is 2.11. The molecular formula is C20H23NO3. The van der Waals surface area contributed by atoms with Gasteiger partial charge in [0.05, 0.1) is 7.11 Å². The number of ether oxygens (including phenoxy) is 2. The standard InChI is InChI=1S/C20H23NO3/c1-4-13-24-18-10-9-17(14-19(18)23-3)20(22)21-12-11-16-8-6-5-7-15(16)2/h4-10,14H,1,11-13H2,2-3H3,(H,21,22). The van der Waals surface area contributed by atoms with Crippen LogP contribution in [0.15, 0.2) is 55.1 Å². The monoisotopic (exact) mass is 325 g/mol. The van der Waals surface area contributed by atoms with Crippen LogP contribution >= 0.6 is 0 Å². The number of benzene rings is 2. The smallest absolute Gasteiger partial charge is 0.251 e. The van der Waals surface area contributed by atoms with Crippen LogP contribution in [0.4, 0.5) is 0 Å². The number of carbonyl (C=O) groups is 1. The molecule has 1 amide bonds. The van der Waals surface area contributed by atoms with Crippen LogP contribution in [0, 0.1) is 6.92 Å². The van der Waals surface area contributed by atoms with Crippen molar-refractivity contribution in [2.45, 2.75) is 13.3 Å². The molecule has 0 aliphatic rings. The van der Waals surface area contributed by atoms with Gasteiger partial charge < -0.3 is 14.8 Å². The molecule has 0 spiro atoms. The third kappa shape index (κ3) is 4.62. The maximum Gasteiger partial charge on any atom is 0.251 e. The van der Waals surface area contributed by atoms with Gasteiger partial charge in [-0.3, -0.25) is 4.79 Å². The average molecular weight is 325 g/mol. The number of hydrogen-bond acceptors (Lipinski definition) is 3. The van der Waals surface area contributed by atoms with Crippen molar-refractivity contribution in [1.29, 1.82) is 0 Å². The Balaban J connectivity index is 1.96. The van der Waals surface area contributed by atoms with Crippen LogP contribution in [0.5, 0.6) is 11.5 Å². The van der Waals surface area contributed by atoms with Crippen LogP contribution in [0.3, 0.4) is 0 Å². The predicted molar refractivity (Wildman–Crippen MR) is 95.9 cm³/mol. The minimum absolute atomic E-state index is 0.128. The maximum absolute atomic E-state index is 12.3. The second-order valence-corrected chi connectivity index (χ2v) is 5.40. The van der Waals surface area contributed by atoms with E-state index in [-0.39, 0.29) is 5.91 Å². The molecule has 4 nitrogen and oxygen atoms in total. The fraction of sp³-hybridized carbons (Fsp3) is 0.250. The fourth-order valence-electron chi connectivity index (χ4n) is 2.38. The molecule has 0 aliphatic heterocycles. The van der Waals surface area contributed by atoms with Crippen molar-refractivity contribution in [3.05, 3.63) is 71.8 Å². The fourth-order valence-corrected chi connectivity index (χ4v) is 2.38. The molecule has 0 unspecified atom stereocenters. The van der Waals surface area contributed by atoms with E-state index >= 15 is 0 Å². The SMILES string of the molecule is C=CCOc1ccc(C(=O)NCCc2ccccc2C)cc1OC. The summed E-state index contributed by atoms with van der Waals surface area (Å²) in [6.07, 6.45) is 2.46. The lowest BCUT2D eigenvalue weighted by Crippen LogP contribution is -2.25. The summed E-state index contributed by atoms with van der Waals surface area (Å²) >= 11 is 0. The van der Waals surface area contributed by atoms with Gasteiger partial charge in [-0.15, -0.1) is 0 Å². The van der Waals surface area contributed by atoms with E-state index in [0.29, 0.717) is 30.2 Å². The first-order chi connectivity index (χ1) is 11.7. The van der Waals surface area contributed by atoms with E-state index in [1.165, 1.54) is 11.1 Å². The summed E-state index contributed by atoms with van der Waals surface area (Å²) in [4.78, 5) is 12.3. The van der Waals surface area contributed by atoms with Gasteiger partial charge in [-0.1, -0.05) is 36.9 Å². The first-order valence-electron chi connectivity index (χ1n) is 7.90. The number of aryl methyl sites for hydroxylation is 1. The van der Waals surface area contributed by atoms with Crippen LogP contribution in [0.25, 0.3) is 0 Å². The van der Waals surface area contributed by atoms with Crippen LogP contribution in [-0.4, -0.2) is 26.2 Å². The molecular weight excluding hydrogens is 302 g/mol. The van der Waals surface area contributed by atoms with E-state index in [1.54, 1.807) is 31.4 Å². The first kappa shape index (κ1) is 17.6. The molecule has 24 heavy (non-hydrogen) atoms. The van der Waals surface area contributed by atoms with E-state index in [0.717, 1.165) is 6.42 Å². The summed E-state index contributed by atoms with van der Waals surface area (Å²) in [5.74, 6) is 0.995. The molecule has 1 N–H and O–H groups in total. The Labute approximate surface area is 143 Å². The Bertz CT molecular complexity index is 710. The van der Waals surface area contributed by atoms with Gasteiger partial charge in [0.25, 0.3) is 5.91 Å². The van der Waals surface area contributed by atoms with Crippen LogP contribution in [0.2, 0.25) is 0 Å². The lowest BCUT2D eigenvalue weighted by atomic mass is 10.1. The second kappa shape index (κ2) is 8.77. The van der Waals surface area contributed by atoms with Crippen molar-refractivity contribution in [1.82, 2.24) is 5.32 Å². The van der Waals surface area contributed by atoms with Gasteiger partial charge in [-0.25, -0.2) is 0 Å². The van der Waals surface area contributed by atoms with Crippen molar-refractivity contribution >= 4 is 5.91 Å². The molecule has 0 aliphatic carbocycles. The van der Waals surface area contributed by atoms with E-state index < -0.39 is 0 Å². The maximum atomic E-state index is 12.3. The van der Waals surface area contributed by atoms with Crippen molar-refractivity contribution in [2.24, 2.45) is 0 Å². The number of hydrogen-bond donors (Lipinski definition) is 1. The second-order valence-electron chi connectivity index (χ2n) is 5.40. The highest BCUT2D eigenvalue weighted by molar-refractivity contribution is 5.94. The zero-order valence-corrected chi connectivity index (χ0v) is 14.2. The van der Waals surface area contributed by atoms with Gasteiger partial charge in [-0.05, 0) is 42.7 Å². The van der Waals surface area contributed by atoms with Crippen molar-refractivity contribution in [3.8, 4) is 11.5 Å². The minimum Gasteiger partial charge on any atom is -0.493 e. The molecule has 0 fully saturated rings. The Morgan fingerprint density at radius 2 is 2.00 bits per heavy atom.